The molecule has 2 N–H and O–H groups in total. The highest BCUT2D eigenvalue weighted by atomic mass is 16.5. The van der Waals surface area contributed by atoms with Gasteiger partial charge in [-0.15, -0.1) is 0 Å². The summed E-state index contributed by atoms with van der Waals surface area (Å²) in [5.74, 6) is -0.510. The van der Waals surface area contributed by atoms with Gasteiger partial charge in [0, 0.05) is 18.3 Å². The number of hydroxylamine groups is 1. The maximum Gasteiger partial charge on any atom is 0.249 e. The molecule has 0 aromatic rings. The van der Waals surface area contributed by atoms with E-state index in [9.17, 15) is 24.9 Å². The number of ketones is 2. The molecule has 4 fully saturated rings. The average molecular weight is 495 g/mol. The average Bonchev–Trinajstić information content (AvgIpc) is 2.82. The summed E-state index contributed by atoms with van der Waals surface area (Å²) < 4.78 is 0. The number of carbonyl (C=O) groups excluding carboxylic acids is 3. The van der Waals surface area contributed by atoms with Crippen molar-refractivity contribution in [2.75, 3.05) is 0 Å². The number of amides is 1. The normalized spacial score (nSPS) is 49.4. The molecule has 0 bridgehead atoms. The number of nitrogens with one attached hydrogen (secondary N) is 1. The molecule has 1 amide bonds. The van der Waals surface area contributed by atoms with Crippen molar-refractivity contribution in [1.82, 2.24) is 5.48 Å². The van der Waals surface area contributed by atoms with E-state index in [2.05, 4.69) is 40.7 Å². The summed E-state index contributed by atoms with van der Waals surface area (Å²) in [7, 11) is 0. The second-order valence-corrected chi connectivity index (χ2v) is 14.4. The minimum Gasteiger partial charge on any atom is -0.299 e. The highest BCUT2D eigenvalue weighted by Gasteiger charge is 2.72. The Balaban J connectivity index is 1.63. The summed E-state index contributed by atoms with van der Waals surface area (Å²) in [5, 5.41) is 19.5. The number of carbonyl (C=O) groups is 3. The first-order chi connectivity index (χ1) is 16.7. The topological polar surface area (TPSA) is 107 Å². The van der Waals surface area contributed by atoms with E-state index < -0.39 is 10.8 Å². The second-order valence-electron chi connectivity index (χ2n) is 14.4. The number of allylic oxidation sites excluding steroid dienone is 2. The van der Waals surface area contributed by atoms with Crippen LogP contribution in [0.4, 0.5) is 0 Å². The Hall–Kier alpha value is -2.00. The zero-order chi connectivity index (χ0) is 26.5. The number of nitriles is 1. The van der Waals surface area contributed by atoms with E-state index in [1.54, 1.807) is 0 Å². The molecule has 6 nitrogen and oxygen atoms in total. The first-order valence-electron chi connectivity index (χ1n) is 13.9. The van der Waals surface area contributed by atoms with Crippen LogP contribution in [0.1, 0.15) is 92.9 Å². The summed E-state index contributed by atoms with van der Waals surface area (Å²) in [6, 6.07) is 2.16. The minimum atomic E-state index is -0.700. The lowest BCUT2D eigenvalue weighted by molar-refractivity contribution is -0.220. The van der Waals surface area contributed by atoms with Gasteiger partial charge in [0.1, 0.15) is 11.9 Å². The van der Waals surface area contributed by atoms with E-state index in [0.29, 0.717) is 19.3 Å². The number of Topliss-reactive ketones (excluding diaryl/α,β-unsaturated/α-hetero) is 2. The van der Waals surface area contributed by atoms with Crippen LogP contribution in [0, 0.1) is 68.0 Å². The summed E-state index contributed by atoms with van der Waals surface area (Å²) in [4.78, 5) is 40.4. The quantitative estimate of drug-likeness (QED) is 0.375. The van der Waals surface area contributed by atoms with E-state index in [1.807, 2.05) is 18.5 Å². The predicted octanol–water partition coefficient (Wildman–Crippen LogP) is 5.40. The molecule has 0 heterocycles. The van der Waals surface area contributed by atoms with Crippen molar-refractivity contribution in [2.45, 2.75) is 92.9 Å². The van der Waals surface area contributed by atoms with Gasteiger partial charge in [0.25, 0.3) is 0 Å². The van der Waals surface area contributed by atoms with Crippen molar-refractivity contribution in [1.29, 1.82) is 5.26 Å². The van der Waals surface area contributed by atoms with Gasteiger partial charge in [0.2, 0.25) is 5.91 Å². The van der Waals surface area contributed by atoms with Gasteiger partial charge in [0.15, 0.2) is 5.78 Å². The molecule has 6 heteroatoms. The Labute approximate surface area is 215 Å². The number of hydrogen-bond acceptors (Lipinski definition) is 5. The summed E-state index contributed by atoms with van der Waals surface area (Å²) >= 11 is 0. The maximum atomic E-state index is 14.3. The van der Waals surface area contributed by atoms with E-state index in [4.69, 9.17) is 0 Å². The van der Waals surface area contributed by atoms with Crippen LogP contribution in [0.25, 0.3) is 0 Å². The van der Waals surface area contributed by atoms with Gasteiger partial charge < -0.3 is 0 Å². The Kier molecular flexibility index (Phi) is 5.53. The lowest BCUT2D eigenvalue weighted by Crippen LogP contribution is -2.69. The highest BCUT2D eigenvalue weighted by Crippen LogP contribution is 2.75. The molecule has 36 heavy (non-hydrogen) atoms. The van der Waals surface area contributed by atoms with Crippen molar-refractivity contribution in [3.63, 3.8) is 0 Å². The van der Waals surface area contributed by atoms with Crippen LogP contribution in [0.2, 0.25) is 0 Å². The molecule has 0 radical (unpaired) electrons. The maximum absolute atomic E-state index is 14.3. The molecule has 0 spiro atoms. The van der Waals surface area contributed by atoms with Crippen LogP contribution in [-0.4, -0.2) is 22.7 Å². The third kappa shape index (κ3) is 3.01. The van der Waals surface area contributed by atoms with Crippen LogP contribution in [0.5, 0.6) is 0 Å². The molecule has 0 aliphatic heterocycles. The minimum absolute atomic E-state index is 0.0351. The van der Waals surface area contributed by atoms with Gasteiger partial charge in [-0.1, -0.05) is 47.6 Å². The summed E-state index contributed by atoms with van der Waals surface area (Å²) in [6.07, 6.45) is 8.05. The van der Waals surface area contributed by atoms with Crippen molar-refractivity contribution in [3.8, 4) is 6.07 Å². The van der Waals surface area contributed by atoms with Gasteiger partial charge >= 0.3 is 0 Å². The fraction of sp³-hybridized carbons (Fsp3) is 0.800. The monoisotopic (exact) mass is 494 g/mol. The Morgan fingerprint density at radius 3 is 2.33 bits per heavy atom. The number of fused-ring (bicyclic) bond motifs is 7. The molecule has 0 aromatic carbocycles. The molecule has 5 aliphatic carbocycles. The van der Waals surface area contributed by atoms with E-state index in [-0.39, 0.29) is 68.9 Å². The molecule has 5 aliphatic rings. The van der Waals surface area contributed by atoms with E-state index >= 15 is 0 Å². The van der Waals surface area contributed by atoms with E-state index in [0.717, 1.165) is 32.1 Å². The zero-order valence-electron chi connectivity index (χ0n) is 22.7. The molecule has 4 saturated carbocycles. The fourth-order valence-corrected chi connectivity index (χ4v) is 10.4. The van der Waals surface area contributed by atoms with Crippen molar-refractivity contribution in [2.24, 2.45) is 56.7 Å². The van der Waals surface area contributed by atoms with Crippen LogP contribution in [0.15, 0.2) is 11.6 Å². The van der Waals surface area contributed by atoms with Crippen LogP contribution >= 0.6 is 0 Å². The second kappa shape index (κ2) is 7.76. The fourth-order valence-electron chi connectivity index (χ4n) is 10.4. The number of nitrogens with zero attached hydrogens (tertiary/aromatic N) is 1. The standard InChI is InChI=1S/C30H42N2O4/c1-17-19-7-8-28(5)22(27(19,4)14-18(16-31)24(17)34)13-21(33)23-20-15-26(2,3)9-11-30(20,25(35)32-36)12-10-29(23,28)6/h14,17,19-20,22-23,36H,7-13,15H2,1-6H3,(H,32,35)/t17-,19?,20?,22?,23?,27-,28+,29+,30-/m0/s1. The summed E-state index contributed by atoms with van der Waals surface area (Å²) in [6.45, 7) is 13.3. The molecule has 4 unspecified atom stereocenters. The number of rotatable bonds is 1. The Morgan fingerprint density at radius 1 is 1.03 bits per heavy atom. The van der Waals surface area contributed by atoms with Gasteiger partial charge in [0.05, 0.1) is 11.0 Å². The molecular formula is C30H42N2O4. The molecular weight excluding hydrogens is 452 g/mol. The first kappa shape index (κ1) is 25.6. The molecule has 9 atom stereocenters. The van der Waals surface area contributed by atoms with Gasteiger partial charge in [-0.2, -0.15) is 5.26 Å². The lowest BCUT2D eigenvalue weighted by Gasteiger charge is -2.71. The Morgan fingerprint density at radius 2 is 1.69 bits per heavy atom. The van der Waals surface area contributed by atoms with Gasteiger partial charge in [-0.3, -0.25) is 19.6 Å². The van der Waals surface area contributed by atoms with Gasteiger partial charge in [-0.25, -0.2) is 5.48 Å². The van der Waals surface area contributed by atoms with Crippen LogP contribution in [-0.2, 0) is 14.4 Å². The van der Waals surface area contributed by atoms with Crippen molar-refractivity contribution in [3.05, 3.63) is 11.6 Å². The third-order valence-corrected chi connectivity index (χ3v) is 12.7. The van der Waals surface area contributed by atoms with E-state index in [1.165, 1.54) is 0 Å². The first-order valence-corrected chi connectivity index (χ1v) is 13.9. The SMILES string of the molecule is C[C@@H]1C(=O)C(C#N)=C[C@@]2(C)C1CC[C@]1(C)C2CC(=O)C2C3CC(C)(C)CC[C@]3(C(=O)NO)CC[C@]21C. The molecule has 0 aromatic heterocycles. The highest BCUT2D eigenvalue weighted by molar-refractivity contribution is 6.02. The predicted molar refractivity (Wildman–Crippen MR) is 134 cm³/mol. The van der Waals surface area contributed by atoms with Crippen molar-refractivity contribution >= 4 is 17.5 Å². The molecule has 0 saturated heterocycles. The number of hydrogen-bond donors (Lipinski definition) is 2. The largest absolute Gasteiger partial charge is 0.299 e. The summed E-state index contributed by atoms with van der Waals surface area (Å²) in [5.41, 5.74) is 0.736. The zero-order valence-corrected chi connectivity index (χ0v) is 22.7. The third-order valence-electron chi connectivity index (χ3n) is 12.7. The molecule has 196 valence electrons. The molecule has 5 rings (SSSR count). The van der Waals surface area contributed by atoms with Crippen molar-refractivity contribution < 1.29 is 19.6 Å². The van der Waals surface area contributed by atoms with Gasteiger partial charge in [-0.05, 0) is 84.4 Å². The smallest absolute Gasteiger partial charge is 0.249 e. The van der Waals surface area contributed by atoms with Crippen LogP contribution in [0.3, 0.4) is 0 Å². The Bertz CT molecular complexity index is 1100. The lowest BCUT2D eigenvalue weighted by atomic mass is 9.32. The van der Waals surface area contributed by atoms with Crippen LogP contribution < -0.4 is 5.48 Å².